The fraction of sp³-hybridized carbons (Fsp3) is 0.133. The Bertz CT molecular complexity index is 600. The minimum Gasteiger partial charge on any atom is -0.265 e. The van der Waals surface area contributed by atoms with Gasteiger partial charge in [-0.1, -0.05) is 0 Å². The molecule has 1 aromatic carbocycles. The van der Waals surface area contributed by atoms with Crippen LogP contribution < -0.4 is 0 Å². The normalized spacial score (nSPS) is 10.1. The fourth-order valence-electron chi connectivity index (χ4n) is 1.70. The molecule has 0 saturated carbocycles. The number of aromatic nitrogens is 2. The Morgan fingerprint density at radius 1 is 1.15 bits per heavy atom. The second-order valence-electron chi connectivity index (χ2n) is 4.15. The predicted octanol–water partition coefficient (Wildman–Crippen LogP) is 4.19. The summed E-state index contributed by atoms with van der Waals surface area (Å²) >= 11 is 0. The molecule has 0 unspecified atom stereocenters. The van der Waals surface area contributed by atoms with E-state index in [1.807, 2.05) is 24.3 Å². The number of aliphatic imine (C=N–C) groups is 1. The van der Waals surface area contributed by atoms with Gasteiger partial charge in [0.15, 0.2) is 5.82 Å². The molecular weight excluding hydrogens is 260 g/mol. The molecule has 0 radical (unpaired) electrons. The van der Waals surface area contributed by atoms with E-state index < -0.39 is 6.08 Å². The molecule has 5 heteroatoms. The minimum atomic E-state index is -1.65. The SMILES string of the molecule is C=Nc1ccc(-c2ncc(CCC=C(F)F)cn2)cc1. The summed E-state index contributed by atoms with van der Waals surface area (Å²) in [5.74, 6) is 0.594. The van der Waals surface area contributed by atoms with Crippen molar-refractivity contribution in [3.05, 3.63) is 54.4 Å². The van der Waals surface area contributed by atoms with E-state index in [0.717, 1.165) is 22.9 Å². The van der Waals surface area contributed by atoms with Crippen LogP contribution in [0.15, 0.2) is 53.8 Å². The molecule has 0 aliphatic rings. The van der Waals surface area contributed by atoms with E-state index in [9.17, 15) is 8.78 Å². The first kappa shape index (κ1) is 14.0. The third-order valence-electron chi connectivity index (χ3n) is 2.75. The van der Waals surface area contributed by atoms with Gasteiger partial charge in [-0.05, 0) is 55.5 Å². The van der Waals surface area contributed by atoms with Crippen LogP contribution in [0.4, 0.5) is 14.5 Å². The second-order valence-corrected chi connectivity index (χ2v) is 4.15. The van der Waals surface area contributed by atoms with Crippen molar-refractivity contribution in [3.8, 4) is 11.4 Å². The fourth-order valence-corrected chi connectivity index (χ4v) is 1.70. The Labute approximate surface area is 115 Å². The van der Waals surface area contributed by atoms with Crippen LogP contribution in [-0.4, -0.2) is 16.7 Å². The van der Waals surface area contributed by atoms with Gasteiger partial charge in [0.25, 0.3) is 6.08 Å². The summed E-state index contributed by atoms with van der Waals surface area (Å²) < 4.78 is 23.8. The van der Waals surface area contributed by atoms with Crippen molar-refractivity contribution in [2.24, 2.45) is 4.99 Å². The molecule has 102 valence electrons. The van der Waals surface area contributed by atoms with Crippen molar-refractivity contribution < 1.29 is 8.78 Å². The van der Waals surface area contributed by atoms with E-state index in [0.29, 0.717) is 12.2 Å². The molecule has 1 heterocycles. The monoisotopic (exact) mass is 273 g/mol. The quantitative estimate of drug-likeness (QED) is 0.766. The van der Waals surface area contributed by atoms with Gasteiger partial charge in [0, 0.05) is 18.0 Å². The van der Waals surface area contributed by atoms with E-state index >= 15 is 0 Å². The maximum absolute atomic E-state index is 11.9. The number of rotatable bonds is 5. The maximum Gasteiger partial charge on any atom is 0.266 e. The first-order chi connectivity index (χ1) is 9.69. The molecule has 0 amide bonds. The van der Waals surface area contributed by atoms with Gasteiger partial charge in [-0.2, -0.15) is 8.78 Å². The molecule has 0 bridgehead atoms. The van der Waals surface area contributed by atoms with Crippen LogP contribution in [0.3, 0.4) is 0 Å². The van der Waals surface area contributed by atoms with E-state index in [1.165, 1.54) is 0 Å². The Balaban J connectivity index is 2.07. The Morgan fingerprint density at radius 2 is 1.80 bits per heavy atom. The minimum absolute atomic E-state index is 0.282. The number of benzene rings is 1. The van der Waals surface area contributed by atoms with Gasteiger partial charge in [0.2, 0.25) is 0 Å². The Kier molecular flexibility index (Phi) is 4.65. The number of halogens is 2. The maximum atomic E-state index is 11.9. The molecular formula is C15H13F2N3. The van der Waals surface area contributed by atoms with E-state index in [2.05, 4.69) is 21.7 Å². The van der Waals surface area contributed by atoms with Crippen LogP contribution in [0.1, 0.15) is 12.0 Å². The van der Waals surface area contributed by atoms with Crippen molar-refractivity contribution in [1.82, 2.24) is 9.97 Å². The van der Waals surface area contributed by atoms with Crippen LogP contribution in [0.5, 0.6) is 0 Å². The average molecular weight is 273 g/mol. The Hall–Kier alpha value is -2.43. The zero-order valence-corrected chi connectivity index (χ0v) is 10.8. The van der Waals surface area contributed by atoms with Crippen LogP contribution in [-0.2, 0) is 6.42 Å². The van der Waals surface area contributed by atoms with Gasteiger partial charge in [-0.25, -0.2) is 9.97 Å². The number of allylic oxidation sites excluding steroid dienone is 1. The molecule has 0 spiro atoms. The van der Waals surface area contributed by atoms with Crippen LogP contribution in [0.2, 0.25) is 0 Å². The third kappa shape index (κ3) is 3.78. The highest BCUT2D eigenvalue weighted by Gasteiger charge is 2.01. The lowest BCUT2D eigenvalue weighted by atomic mass is 10.1. The number of aryl methyl sites for hydroxylation is 1. The van der Waals surface area contributed by atoms with Gasteiger partial charge < -0.3 is 0 Å². The smallest absolute Gasteiger partial charge is 0.265 e. The summed E-state index contributed by atoms with van der Waals surface area (Å²) in [6.45, 7) is 3.45. The lowest BCUT2D eigenvalue weighted by Crippen LogP contribution is -1.92. The molecule has 0 aliphatic heterocycles. The zero-order chi connectivity index (χ0) is 14.4. The van der Waals surface area contributed by atoms with Crippen molar-refractivity contribution >= 4 is 12.4 Å². The van der Waals surface area contributed by atoms with E-state index in [4.69, 9.17) is 0 Å². The van der Waals surface area contributed by atoms with E-state index in [-0.39, 0.29) is 6.42 Å². The standard InChI is InChI=1S/C15H13F2N3/c1-18-13-7-5-12(6-8-13)15-19-9-11(10-20-15)3-2-4-14(16)17/h4-10H,1-3H2. The summed E-state index contributed by atoms with van der Waals surface area (Å²) in [5, 5.41) is 0. The summed E-state index contributed by atoms with van der Waals surface area (Å²) in [6, 6.07) is 7.38. The van der Waals surface area contributed by atoms with Gasteiger partial charge in [-0.3, -0.25) is 4.99 Å². The first-order valence-corrected chi connectivity index (χ1v) is 6.08. The molecule has 2 rings (SSSR count). The number of hydrogen-bond acceptors (Lipinski definition) is 3. The highest BCUT2D eigenvalue weighted by Crippen LogP contribution is 2.19. The van der Waals surface area contributed by atoms with Gasteiger partial charge in [0.1, 0.15) is 0 Å². The zero-order valence-electron chi connectivity index (χ0n) is 10.8. The summed E-state index contributed by atoms with van der Waals surface area (Å²) in [5.41, 5.74) is 2.49. The number of nitrogens with zero attached hydrogens (tertiary/aromatic N) is 3. The van der Waals surface area contributed by atoms with Crippen molar-refractivity contribution in [2.75, 3.05) is 0 Å². The molecule has 3 nitrogen and oxygen atoms in total. The van der Waals surface area contributed by atoms with Crippen LogP contribution >= 0.6 is 0 Å². The lowest BCUT2D eigenvalue weighted by Gasteiger charge is -2.02. The molecule has 0 saturated heterocycles. The number of hydrogen-bond donors (Lipinski definition) is 0. The molecule has 0 atom stereocenters. The van der Waals surface area contributed by atoms with Crippen molar-refractivity contribution in [2.45, 2.75) is 12.8 Å². The van der Waals surface area contributed by atoms with Crippen molar-refractivity contribution in [1.29, 1.82) is 0 Å². The van der Waals surface area contributed by atoms with Gasteiger partial charge >= 0.3 is 0 Å². The molecule has 20 heavy (non-hydrogen) atoms. The summed E-state index contributed by atoms with van der Waals surface area (Å²) in [4.78, 5) is 12.3. The molecule has 0 aliphatic carbocycles. The average Bonchev–Trinajstić information content (AvgIpc) is 2.48. The molecule has 2 aromatic rings. The lowest BCUT2D eigenvalue weighted by molar-refractivity contribution is 0.417. The molecule has 0 fully saturated rings. The van der Waals surface area contributed by atoms with Crippen LogP contribution in [0, 0.1) is 0 Å². The first-order valence-electron chi connectivity index (χ1n) is 6.08. The summed E-state index contributed by atoms with van der Waals surface area (Å²) in [6.07, 6.45) is 3.34. The highest BCUT2D eigenvalue weighted by molar-refractivity contribution is 5.59. The topological polar surface area (TPSA) is 38.1 Å². The van der Waals surface area contributed by atoms with Gasteiger partial charge in [-0.15, -0.1) is 0 Å². The molecule has 0 N–H and O–H groups in total. The van der Waals surface area contributed by atoms with E-state index in [1.54, 1.807) is 12.4 Å². The van der Waals surface area contributed by atoms with Crippen LogP contribution in [0.25, 0.3) is 11.4 Å². The summed E-state index contributed by atoms with van der Waals surface area (Å²) in [7, 11) is 0. The van der Waals surface area contributed by atoms with Crippen molar-refractivity contribution in [3.63, 3.8) is 0 Å². The Morgan fingerprint density at radius 3 is 2.35 bits per heavy atom. The molecule has 1 aromatic heterocycles. The largest absolute Gasteiger partial charge is 0.266 e. The second kappa shape index (κ2) is 6.65. The van der Waals surface area contributed by atoms with Gasteiger partial charge in [0.05, 0.1) is 5.69 Å². The third-order valence-corrected chi connectivity index (χ3v) is 2.75. The highest BCUT2D eigenvalue weighted by atomic mass is 19.3. The predicted molar refractivity (Wildman–Crippen MR) is 75.3 cm³/mol.